The maximum atomic E-state index is 11.3. The standard InChI is InChI=1S/C22H27NO5S/c1-22(2,21(24)25)27-17-8-4-6-16(14-17)7-5-11-23-12-13-26-20-15-18(28-29-3)9-10-19(20)23/h4,6,8-10,14-15H,5,7,11-13H2,1-3H3,(H,24,25). The van der Waals surface area contributed by atoms with Crippen LogP contribution in [0.1, 0.15) is 25.8 Å². The molecule has 0 radical (unpaired) electrons. The molecule has 1 aliphatic rings. The van der Waals surface area contributed by atoms with Crippen molar-refractivity contribution in [1.82, 2.24) is 0 Å². The van der Waals surface area contributed by atoms with Gasteiger partial charge in [0.25, 0.3) is 0 Å². The van der Waals surface area contributed by atoms with Crippen molar-refractivity contribution in [3.8, 4) is 17.2 Å². The van der Waals surface area contributed by atoms with Crippen LogP contribution in [0.25, 0.3) is 0 Å². The lowest BCUT2D eigenvalue weighted by Gasteiger charge is -2.31. The number of fused-ring (bicyclic) bond motifs is 1. The molecule has 0 saturated carbocycles. The summed E-state index contributed by atoms with van der Waals surface area (Å²) < 4.78 is 16.9. The molecule has 0 bridgehead atoms. The monoisotopic (exact) mass is 417 g/mol. The second-order valence-electron chi connectivity index (χ2n) is 7.38. The van der Waals surface area contributed by atoms with Crippen LogP contribution in [-0.4, -0.2) is 42.6 Å². The van der Waals surface area contributed by atoms with Gasteiger partial charge in [-0.15, -0.1) is 0 Å². The van der Waals surface area contributed by atoms with Crippen molar-refractivity contribution in [3.63, 3.8) is 0 Å². The molecule has 1 N–H and O–H groups in total. The Morgan fingerprint density at radius 1 is 1.24 bits per heavy atom. The zero-order valence-corrected chi connectivity index (χ0v) is 17.8. The van der Waals surface area contributed by atoms with Crippen molar-refractivity contribution in [2.24, 2.45) is 0 Å². The van der Waals surface area contributed by atoms with E-state index in [0.29, 0.717) is 12.4 Å². The highest BCUT2D eigenvalue weighted by atomic mass is 32.2. The van der Waals surface area contributed by atoms with Gasteiger partial charge < -0.3 is 23.7 Å². The number of ether oxygens (including phenoxy) is 2. The zero-order valence-electron chi connectivity index (χ0n) is 17.0. The highest BCUT2D eigenvalue weighted by Crippen LogP contribution is 2.35. The second kappa shape index (κ2) is 9.31. The molecular weight excluding hydrogens is 390 g/mol. The minimum atomic E-state index is -1.25. The average Bonchev–Trinajstić information content (AvgIpc) is 2.68. The number of carboxylic acid groups (broad SMARTS) is 1. The third-order valence-corrected chi connectivity index (χ3v) is 5.11. The van der Waals surface area contributed by atoms with Gasteiger partial charge in [-0.05, 0) is 56.5 Å². The number of benzene rings is 2. The molecule has 1 aliphatic heterocycles. The number of carboxylic acids is 1. The molecule has 7 heteroatoms. The van der Waals surface area contributed by atoms with Crippen LogP contribution in [0.3, 0.4) is 0 Å². The van der Waals surface area contributed by atoms with Gasteiger partial charge >= 0.3 is 5.97 Å². The van der Waals surface area contributed by atoms with E-state index in [1.165, 1.54) is 12.0 Å². The molecule has 29 heavy (non-hydrogen) atoms. The normalized spacial score (nSPS) is 13.4. The van der Waals surface area contributed by atoms with E-state index in [9.17, 15) is 9.90 Å². The SMILES string of the molecule is CSOc1ccc2c(c1)OCCN2CCCc1cccc(OC(C)(C)C(=O)O)c1. The third-order valence-electron chi connectivity index (χ3n) is 4.75. The van der Waals surface area contributed by atoms with Gasteiger partial charge in [0.1, 0.15) is 23.9 Å². The largest absolute Gasteiger partial charge is 0.489 e. The average molecular weight is 418 g/mol. The van der Waals surface area contributed by atoms with E-state index in [-0.39, 0.29) is 0 Å². The Kier molecular flexibility index (Phi) is 6.79. The Balaban J connectivity index is 1.59. The lowest BCUT2D eigenvalue weighted by atomic mass is 10.1. The number of aryl methyl sites for hydroxylation is 1. The first-order chi connectivity index (χ1) is 13.9. The van der Waals surface area contributed by atoms with Crippen molar-refractivity contribution in [2.75, 3.05) is 30.9 Å². The van der Waals surface area contributed by atoms with E-state index < -0.39 is 11.6 Å². The van der Waals surface area contributed by atoms with Crippen molar-refractivity contribution in [3.05, 3.63) is 48.0 Å². The fourth-order valence-electron chi connectivity index (χ4n) is 3.21. The summed E-state index contributed by atoms with van der Waals surface area (Å²) in [5.74, 6) is 1.24. The maximum Gasteiger partial charge on any atom is 0.347 e. The summed E-state index contributed by atoms with van der Waals surface area (Å²) in [5.41, 5.74) is 0.959. The van der Waals surface area contributed by atoms with E-state index in [4.69, 9.17) is 13.7 Å². The molecule has 2 aromatic carbocycles. The highest BCUT2D eigenvalue weighted by Gasteiger charge is 2.29. The van der Waals surface area contributed by atoms with Crippen LogP contribution in [0.15, 0.2) is 42.5 Å². The number of aliphatic carboxylic acids is 1. The van der Waals surface area contributed by atoms with Gasteiger partial charge in [0, 0.05) is 18.9 Å². The Morgan fingerprint density at radius 2 is 2.07 bits per heavy atom. The van der Waals surface area contributed by atoms with Crippen LogP contribution in [0.5, 0.6) is 17.2 Å². The van der Waals surface area contributed by atoms with E-state index >= 15 is 0 Å². The number of hydrogen-bond donors (Lipinski definition) is 1. The fraction of sp³-hybridized carbons (Fsp3) is 0.409. The minimum Gasteiger partial charge on any atom is -0.489 e. The molecule has 0 aliphatic carbocycles. The van der Waals surface area contributed by atoms with Gasteiger partial charge in [0.15, 0.2) is 5.60 Å². The third kappa shape index (κ3) is 5.50. The van der Waals surface area contributed by atoms with Crippen LogP contribution < -0.4 is 18.6 Å². The molecule has 0 amide bonds. The molecule has 0 aromatic heterocycles. The van der Waals surface area contributed by atoms with E-state index in [0.717, 1.165) is 48.7 Å². The molecular formula is C22H27NO5S. The van der Waals surface area contributed by atoms with Crippen LogP contribution >= 0.6 is 12.0 Å². The van der Waals surface area contributed by atoms with Crippen LogP contribution in [0.4, 0.5) is 5.69 Å². The van der Waals surface area contributed by atoms with E-state index in [1.54, 1.807) is 19.9 Å². The van der Waals surface area contributed by atoms with Crippen molar-refractivity contribution in [1.29, 1.82) is 0 Å². The number of carbonyl (C=O) groups is 1. The first-order valence-electron chi connectivity index (χ1n) is 9.63. The summed E-state index contributed by atoms with van der Waals surface area (Å²) in [6.45, 7) is 5.51. The highest BCUT2D eigenvalue weighted by molar-refractivity contribution is 7.94. The fourth-order valence-corrected chi connectivity index (χ4v) is 3.51. The van der Waals surface area contributed by atoms with Crippen molar-refractivity contribution < 1.29 is 23.6 Å². The maximum absolute atomic E-state index is 11.3. The van der Waals surface area contributed by atoms with Gasteiger partial charge in [0.05, 0.1) is 24.3 Å². The Labute approximate surface area is 176 Å². The molecule has 3 rings (SSSR count). The summed E-state index contributed by atoms with van der Waals surface area (Å²) >= 11 is 1.31. The van der Waals surface area contributed by atoms with Gasteiger partial charge in [-0.2, -0.15) is 0 Å². The van der Waals surface area contributed by atoms with Crippen molar-refractivity contribution >= 4 is 23.7 Å². The van der Waals surface area contributed by atoms with Gasteiger partial charge in [-0.3, -0.25) is 0 Å². The van der Waals surface area contributed by atoms with E-state index in [2.05, 4.69) is 4.90 Å². The summed E-state index contributed by atoms with van der Waals surface area (Å²) in [6, 6.07) is 13.6. The molecule has 0 saturated heterocycles. The number of rotatable bonds is 9. The first-order valence-corrected chi connectivity index (χ1v) is 10.8. The Hall–Kier alpha value is -2.54. The molecule has 0 unspecified atom stereocenters. The Bertz CT molecular complexity index is 855. The second-order valence-corrected chi connectivity index (χ2v) is 7.88. The van der Waals surface area contributed by atoms with Gasteiger partial charge in [-0.25, -0.2) is 4.79 Å². The van der Waals surface area contributed by atoms with Crippen LogP contribution in [0.2, 0.25) is 0 Å². The molecule has 0 atom stereocenters. The minimum absolute atomic E-state index is 0.577. The number of hydrogen-bond acceptors (Lipinski definition) is 6. The lowest BCUT2D eigenvalue weighted by Crippen LogP contribution is -2.37. The summed E-state index contributed by atoms with van der Waals surface area (Å²) in [7, 11) is 0. The van der Waals surface area contributed by atoms with Crippen molar-refractivity contribution in [2.45, 2.75) is 32.3 Å². The van der Waals surface area contributed by atoms with Gasteiger partial charge in [0.2, 0.25) is 0 Å². The topological polar surface area (TPSA) is 68.2 Å². The zero-order chi connectivity index (χ0) is 20.9. The molecule has 1 heterocycles. The van der Waals surface area contributed by atoms with E-state index in [1.807, 2.05) is 42.7 Å². The van der Waals surface area contributed by atoms with Gasteiger partial charge in [-0.1, -0.05) is 12.1 Å². The quantitative estimate of drug-likeness (QED) is 0.606. The summed E-state index contributed by atoms with van der Waals surface area (Å²) in [6.07, 6.45) is 3.73. The first kappa shape index (κ1) is 21.2. The predicted octanol–water partition coefficient (Wildman–Crippen LogP) is 4.42. The smallest absolute Gasteiger partial charge is 0.347 e. The molecule has 156 valence electrons. The summed E-state index contributed by atoms with van der Waals surface area (Å²) in [4.78, 5) is 13.6. The predicted molar refractivity (Wildman–Crippen MR) is 115 cm³/mol. The summed E-state index contributed by atoms with van der Waals surface area (Å²) in [5, 5.41) is 9.23. The Morgan fingerprint density at radius 3 is 2.83 bits per heavy atom. The molecule has 2 aromatic rings. The number of nitrogens with zero attached hydrogens (tertiary/aromatic N) is 1. The molecule has 0 fully saturated rings. The van der Waals surface area contributed by atoms with Crippen LogP contribution in [-0.2, 0) is 11.2 Å². The molecule has 0 spiro atoms. The number of anilines is 1. The lowest BCUT2D eigenvalue weighted by molar-refractivity contribution is -0.152. The molecule has 6 nitrogen and oxygen atoms in total. The van der Waals surface area contributed by atoms with Crippen LogP contribution in [0, 0.1) is 0 Å².